The van der Waals surface area contributed by atoms with Gasteiger partial charge in [0, 0.05) is 20.3 Å². The molecule has 12 aromatic rings. The van der Waals surface area contributed by atoms with Crippen LogP contribution in [0.2, 0.25) is 16.6 Å². The third kappa shape index (κ3) is 7.68. The summed E-state index contributed by atoms with van der Waals surface area (Å²) in [5.41, 5.74) is 13.9. The number of halogens is 1. The summed E-state index contributed by atoms with van der Waals surface area (Å²) in [6.45, 7) is 14.4. The van der Waals surface area contributed by atoms with Gasteiger partial charge in [0.1, 0.15) is 8.07 Å². The van der Waals surface area contributed by atoms with E-state index in [1.54, 1.807) is 0 Å². The van der Waals surface area contributed by atoms with Gasteiger partial charge in [0.25, 0.3) is 0 Å². The van der Waals surface area contributed by atoms with Gasteiger partial charge in [-0.2, -0.15) is 0 Å². The lowest BCUT2D eigenvalue weighted by atomic mass is 9.88. The van der Waals surface area contributed by atoms with Gasteiger partial charge in [-0.3, -0.25) is 0 Å². The molecule has 0 aromatic heterocycles. The lowest BCUT2D eigenvalue weighted by molar-refractivity contribution is 0.838. The number of rotatable bonds is 5. The van der Waals surface area contributed by atoms with Crippen LogP contribution < -0.4 is 0 Å². The summed E-state index contributed by atoms with van der Waals surface area (Å²) in [7, 11) is -1.93. The average molecular weight is 1040 g/mol. The topological polar surface area (TPSA) is 0 Å². The molecule has 0 unspecified atom stereocenters. The molecule has 0 aliphatic carbocycles. The smallest absolute Gasteiger partial charge is 0.125 e. The Bertz CT molecular complexity index is 4280. The van der Waals surface area contributed by atoms with E-state index in [-0.39, 0.29) is 0 Å². The number of hydrogen-bond acceptors (Lipinski definition) is 0. The van der Waals surface area contributed by atoms with Crippen LogP contribution in [0.4, 0.5) is 0 Å². The van der Waals surface area contributed by atoms with E-state index in [4.69, 9.17) is 0 Å². The summed E-state index contributed by atoms with van der Waals surface area (Å²) in [5.74, 6) is 11.1. The summed E-state index contributed by atoms with van der Waals surface area (Å²) in [6, 6.07) is 72.2. The van der Waals surface area contributed by atoms with E-state index in [0.717, 1.165) is 22.1 Å². The number of benzene rings is 12. The fourth-order valence-corrected chi connectivity index (χ4v) is 18.1. The standard InChI is InChI=1S/C69H53ISi/c1-43(2)71(44(3)4,45(5)6)34-33-48-17-9-20-50-36-53-22-11-27-58(65(53)40-62(48)50)60-29-13-24-55-38-54-23-12-28-59(66(54)42-67(55)60)57-26-10-21-52-35-49-18-7-15-46(61(49)39-64(52)57)31-32-47-16-8-19-51-37-56-25-14-30-69(70)68(56)41-63(47)51/h7-30,35-45H,1-6H3. The molecule has 0 aliphatic heterocycles. The van der Waals surface area contributed by atoms with Crippen molar-refractivity contribution in [3.05, 3.63) is 214 Å². The first-order valence-electron chi connectivity index (χ1n) is 25.1. The van der Waals surface area contributed by atoms with E-state index in [1.807, 2.05) is 0 Å². The molecule has 71 heavy (non-hydrogen) atoms. The first kappa shape index (κ1) is 45.0. The van der Waals surface area contributed by atoms with E-state index in [9.17, 15) is 0 Å². The molecule has 340 valence electrons. The summed E-state index contributed by atoms with van der Waals surface area (Å²) >= 11 is 2.44. The zero-order chi connectivity index (χ0) is 48.5. The van der Waals surface area contributed by atoms with E-state index >= 15 is 0 Å². The molecule has 0 amide bonds. The maximum atomic E-state index is 4.02. The highest BCUT2D eigenvalue weighted by atomic mass is 127. The lowest BCUT2D eigenvalue weighted by Gasteiger charge is -2.38. The van der Waals surface area contributed by atoms with Crippen LogP contribution in [0.5, 0.6) is 0 Å². The molecule has 0 spiro atoms. The first-order chi connectivity index (χ1) is 34.5. The third-order valence-corrected chi connectivity index (χ3v) is 22.9. The quantitative estimate of drug-likeness (QED) is 0.0697. The van der Waals surface area contributed by atoms with Crippen LogP contribution in [0.15, 0.2) is 194 Å². The molecule has 0 saturated carbocycles. The second kappa shape index (κ2) is 17.9. The SMILES string of the molecule is CC(C)[Si](C#Cc1cccc2cc3cccc(-c4cccc5cc6cccc(-c7cccc8cc9cccc(C#Cc%10cccc%11cc%12cccc(I)c%12cc%10%11)c9cc78)c6cc45)c3cc12)(C(C)C)C(C)C. The highest BCUT2D eigenvalue weighted by molar-refractivity contribution is 14.1. The first-order valence-corrected chi connectivity index (χ1v) is 28.4. The lowest BCUT2D eigenvalue weighted by Crippen LogP contribution is -2.43. The van der Waals surface area contributed by atoms with E-state index in [1.165, 1.54) is 107 Å². The molecular weight excluding hydrogens is 984 g/mol. The van der Waals surface area contributed by atoms with Crippen LogP contribution in [0.3, 0.4) is 0 Å². The maximum Gasteiger partial charge on any atom is 0.146 e. The second-order valence-electron chi connectivity index (χ2n) is 20.5. The van der Waals surface area contributed by atoms with Gasteiger partial charge >= 0.3 is 0 Å². The van der Waals surface area contributed by atoms with Crippen molar-refractivity contribution in [1.29, 1.82) is 0 Å². The van der Waals surface area contributed by atoms with E-state index in [0.29, 0.717) is 16.6 Å². The zero-order valence-electron chi connectivity index (χ0n) is 41.1. The summed E-state index contributed by atoms with van der Waals surface area (Å²) in [5, 5.41) is 19.6. The Kier molecular flexibility index (Phi) is 11.3. The number of hydrogen-bond donors (Lipinski definition) is 0. The molecule has 2 heteroatoms. The molecule has 0 saturated heterocycles. The van der Waals surface area contributed by atoms with Crippen LogP contribution in [-0.4, -0.2) is 8.07 Å². The Balaban J connectivity index is 0.999. The summed E-state index contributed by atoms with van der Waals surface area (Å²) in [6.07, 6.45) is 0. The molecule has 12 aromatic carbocycles. The Labute approximate surface area is 431 Å². The molecule has 0 nitrogen and oxygen atoms in total. The van der Waals surface area contributed by atoms with Gasteiger partial charge in [0.2, 0.25) is 0 Å². The normalized spacial score (nSPS) is 12.0. The molecule has 0 fully saturated rings. The molecule has 12 rings (SSSR count). The highest BCUT2D eigenvalue weighted by Gasteiger charge is 2.41. The molecule has 0 bridgehead atoms. The Hall–Kier alpha value is -7.21. The van der Waals surface area contributed by atoms with Gasteiger partial charge in [0.15, 0.2) is 0 Å². The van der Waals surface area contributed by atoms with Crippen molar-refractivity contribution < 1.29 is 0 Å². The van der Waals surface area contributed by atoms with Crippen molar-refractivity contribution >= 4 is 117 Å². The van der Waals surface area contributed by atoms with Crippen LogP contribution in [0.1, 0.15) is 58.2 Å². The van der Waals surface area contributed by atoms with Gasteiger partial charge in [-0.25, -0.2) is 0 Å². The zero-order valence-corrected chi connectivity index (χ0v) is 44.2. The van der Waals surface area contributed by atoms with Crippen molar-refractivity contribution in [3.8, 4) is 45.6 Å². The van der Waals surface area contributed by atoms with Gasteiger partial charge in [-0.15, -0.1) is 5.54 Å². The molecular formula is C69H53ISi. The van der Waals surface area contributed by atoms with Gasteiger partial charge in [0.05, 0.1) is 0 Å². The minimum atomic E-state index is -1.93. The monoisotopic (exact) mass is 1040 g/mol. The van der Waals surface area contributed by atoms with Crippen LogP contribution in [0, 0.1) is 26.9 Å². The molecule has 0 atom stereocenters. The van der Waals surface area contributed by atoms with Gasteiger partial charge in [-0.05, 0) is 220 Å². The van der Waals surface area contributed by atoms with Crippen molar-refractivity contribution in [2.24, 2.45) is 0 Å². The van der Waals surface area contributed by atoms with Gasteiger partial charge < -0.3 is 0 Å². The fraction of sp³-hybridized carbons (Fsp3) is 0.130. The second-order valence-corrected chi connectivity index (χ2v) is 27.2. The maximum absolute atomic E-state index is 4.02. The van der Waals surface area contributed by atoms with Crippen LogP contribution in [0.25, 0.3) is 108 Å². The Morgan fingerprint density at radius 2 is 0.563 bits per heavy atom. The minimum Gasteiger partial charge on any atom is -0.125 e. The van der Waals surface area contributed by atoms with Crippen molar-refractivity contribution in [2.75, 3.05) is 0 Å². The largest absolute Gasteiger partial charge is 0.146 e. The van der Waals surface area contributed by atoms with Crippen LogP contribution >= 0.6 is 22.6 Å². The van der Waals surface area contributed by atoms with E-state index < -0.39 is 8.07 Å². The Morgan fingerprint density at radius 1 is 0.296 bits per heavy atom. The third-order valence-electron chi connectivity index (χ3n) is 15.7. The number of fused-ring (bicyclic) bond motifs is 8. The average Bonchev–Trinajstić information content (AvgIpc) is 3.37. The predicted octanol–water partition coefficient (Wildman–Crippen LogP) is 19.8. The highest BCUT2D eigenvalue weighted by Crippen LogP contribution is 2.43. The molecule has 0 heterocycles. The van der Waals surface area contributed by atoms with Gasteiger partial charge in [-0.1, -0.05) is 181 Å². The molecule has 0 aliphatic rings. The summed E-state index contributed by atoms with van der Waals surface area (Å²) in [4.78, 5) is 0. The van der Waals surface area contributed by atoms with Crippen LogP contribution in [-0.2, 0) is 0 Å². The fourth-order valence-electron chi connectivity index (χ4n) is 12.2. The van der Waals surface area contributed by atoms with E-state index in [2.05, 4.69) is 282 Å². The molecule has 0 radical (unpaired) electrons. The van der Waals surface area contributed by atoms with Crippen molar-refractivity contribution in [3.63, 3.8) is 0 Å². The van der Waals surface area contributed by atoms with Crippen molar-refractivity contribution in [1.82, 2.24) is 0 Å². The molecule has 0 N–H and O–H groups in total. The minimum absolute atomic E-state index is 0.576. The van der Waals surface area contributed by atoms with Crippen molar-refractivity contribution in [2.45, 2.75) is 58.2 Å². The summed E-state index contributed by atoms with van der Waals surface area (Å²) < 4.78 is 1.25. The predicted molar refractivity (Wildman–Crippen MR) is 320 cm³/mol. The Morgan fingerprint density at radius 3 is 0.915 bits per heavy atom.